The zero-order chi connectivity index (χ0) is 19.7. The van der Waals surface area contributed by atoms with Crippen LogP contribution in [0.4, 0.5) is 5.82 Å². The van der Waals surface area contributed by atoms with E-state index in [1.165, 1.54) is 24.6 Å². The topological polar surface area (TPSA) is 72.7 Å². The molecule has 1 fully saturated rings. The Hall–Kier alpha value is -2.67. The van der Waals surface area contributed by atoms with Gasteiger partial charge in [-0.3, -0.25) is 4.79 Å². The van der Waals surface area contributed by atoms with Crippen molar-refractivity contribution >= 4 is 23.5 Å². The fourth-order valence-electron chi connectivity index (χ4n) is 2.95. The first-order valence-corrected chi connectivity index (χ1v) is 10.4. The summed E-state index contributed by atoms with van der Waals surface area (Å²) in [5.74, 6) is 1.38. The second-order valence-corrected chi connectivity index (χ2v) is 8.06. The van der Waals surface area contributed by atoms with E-state index in [-0.39, 0.29) is 11.7 Å². The number of nitrogens with zero attached hydrogens (tertiary/aromatic N) is 4. The zero-order valence-corrected chi connectivity index (χ0v) is 17.1. The predicted molar refractivity (Wildman–Crippen MR) is 111 cm³/mol. The summed E-state index contributed by atoms with van der Waals surface area (Å²) < 4.78 is 1.81. The molecule has 1 N–H and O–H groups in total. The molecule has 1 aliphatic carbocycles. The minimum Gasteiger partial charge on any atom is -0.310 e. The molecule has 0 saturated heterocycles. The van der Waals surface area contributed by atoms with Crippen LogP contribution in [0.3, 0.4) is 0 Å². The van der Waals surface area contributed by atoms with E-state index >= 15 is 0 Å². The molecule has 0 aliphatic heterocycles. The zero-order valence-electron chi connectivity index (χ0n) is 16.3. The second kappa shape index (κ2) is 7.75. The van der Waals surface area contributed by atoms with Crippen LogP contribution in [0.25, 0.3) is 5.69 Å². The van der Waals surface area contributed by atoms with Crippen molar-refractivity contribution < 1.29 is 4.79 Å². The SMILES string of the molecule is Cc1nc(SCC(=O)Nc2cc(C3CC3)nn2-c2ccccc2)nc(C)c1C. The number of hydrogen-bond donors (Lipinski definition) is 1. The first kappa shape index (κ1) is 18.7. The lowest BCUT2D eigenvalue weighted by atomic mass is 10.2. The summed E-state index contributed by atoms with van der Waals surface area (Å²) in [7, 11) is 0. The average molecular weight is 394 g/mol. The summed E-state index contributed by atoms with van der Waals surface area (Å²) in [5.41, 5.74) is 4.97. The normalized spacial score (nSPS) is 13.5. The van der Waals surface area contributed by atoms with E-state index in [1.807, 2.05) is 61.9 Å². The number of benzene rings is 1. The number of thioether (sulfide) groups is 1. The number of carbonyl (C=O) groups excluding carboxylic acids is 1. The lowest BCUT2D eigenvalue weighted by Crippen LogP contribution is -2.17. The molecule has 1 saturated carbocycles. The third-order valence-corrected chi connectivity index (χ3v) is 5.78. The van der Waals surface area contributed by atoms with Crippen LogP contribution in [0.5, 0.6) is 0 Å². The Balaban J connectivity index is 1.48. The van der Waals surface area contributed by atoms with Crippen LogP contribution < -0.4 is 5.32 Å². The molecule has 6 nitrogen and oxygen atoms in total. The van der Waals surface area contributed by atoms with E-state index in [9.17, 15) is 4.79 Å². The maximum Gasteiger partial charge on any atom is 0.236 e. The third-order valence-electron chi connectivity index (χ3n) is 4.94. The highest BCUT2D eigenvalue weighted by Crippen LogP contribution is 2.40. The first-order chi connectivity index (χ1) is 13.5. The summed E-state index contributed by atoms with van der Waals surface area (Å²) in [6.07, 6.45) is 2.33. The van der Waals surface area contributed by atoms with Crippen LogP contribution in [0.2, 0.25) is 0 Å². The Morgan fingerprint density at radius 1 is 1.14 bits per heavy atom. The molecule has 0 spiro atoms. The Labute approximate surface area is 168 Å². The Kier molecular flexibility index (Phi) is 5.17. The van der Waals surface area contributed by atoms with Gasteiger partial charge in [-0.25, -0.2) is 14.6 Å². The van der Waals surface area contributed by atoms with Gasteiger partial charge in [0, 0.05) is 23.4 Å². The van der Waals surface area contributed by atoms with Gasteiger partial charge in [0.05, 0.1) is 17.1 Å². The summed E-state index contributed by atoms with van der Waals surface area (Å²) >= 11 is 1.35. The molecule has 0 bridgehead atoms. The minimum absolute atomic E-state index is 0.0936. The van der Waals surface area contributed by atoms with Gasteiger partial charge in [0.15, 0.2) is 5.16 Å². The van der Waals surface area contributed by atoms with Crippen molar-refractivity contribution in [2.75, 3.05) is 11.1 Å². The quantitative estimate of drug-likeness (QED) is 0.502. The lowest BCUT2D eigenvalue weighted by Gasteiger charge is -2.09. The van der Waals surface area contributed by atoms with Gasteiger partial charge in [-0.05, 0) is 51.3 Å². The van der Waals surface area contributed by atoms with Crippen molar-refractivity contribution in [3.63, 3.8) is 0 Å². The van der Waals surface area contributed by atoms with Crippen molar-refractivity contribution in [1.82, 2.24) is 19.7 Å². The van der Waals surface area contributed by atoms with Gasteiger partial charge < -0.3 is 5.32 Å². The number of rotatable bonds is 6. The predicted octanol–water partition coefficient (Wildman–Crippen LogP) is 4.20. The van der Waals surface area contributed by atoms with Gasteiger partial charge in [-0.1, -0.05) is 30.0 Å². The number of aromatic nitrogens is 4. The Bertz CT molecular complexity index is 988. The molecule has 4 rings (SSSR count). The summed E-state index contributed by atoms with van der Waals surface area (Å²) in [6.45, 7) is 5.94. The molecule has 1 aromatic carbocycles. The molecule has 144 valence electrons. The highest BCUT2D eigenvalue weighted by Gasteiger charge is 2.28. The van der Waals surface area contributed by atoms with E-state index < -0.39 is 0 Å². The van der Waals surface area contributed by atoms with Crippen LogP contribution in [-0.2, 0) is 4.79 Å². The molecule has 3 aromatic rings. The standard InChI is InChI=1S/C21H23N5OS/c1-13-14(2)22-21(23-15(13)3)28-12-20(27)24-19-11-18(16-9-10-16)25-26(19)17-7-5-4-6-8-17/h4-8,11,16H,9-10,12H2,1-3H3,(H,24,27). The summed E-state index contributed by atoms with van der Waals surface area (Å²) in [4.78, 5) is 21.5. The van der Waals surface area contributed by atoms with E-state index in [2.05, 4.69) is 15.3 Å². The number of carbonyl (C=O) groups is 1. The van der Waals surface area contributed by atoms with Crippen LogP contribution in [-0.4, -0.2) is 31.4 Å². The third kappa shape index (κ3) is 4.09. The van der Waals surface area contributed by atoms with Crippen molar-refractivity contribution in [2.24, 2.45) is 0 Å². The smallest absolute Gasteiger partial charge is 0.236 e. The van der Waals surface area contributed by atoms with Crippen molar-refractivity contribution in [1.29, 1.82) is 0 Å². The average Bonchev–Trinajstić information content (AvgIpc) is 3.46. The number of amides is 1. The van der Waals surface area contributed by atoms with Crippen molar-refractivity contribution in [3.8, 4) is 5.69 Å². The molecule has 7 heteroatoms. The van der Waals surface area contributed by atoms with E-state index in [0.717, 1.165) is 28.3 Å². The number of hydrogen-bond acceptors (Lipinski definition) is 5. The maximum absolute atomic E-state index is 12.6. The second-order valence-electron chi connectivity index (χ2n) is 7.11. The van der Waals surface area contributed by atoms with Crippen LogP contribution in [0.1, 0.15) is 41.4 Å². The van der Waals surface area contributed by atoms with Gasteiger partial charge in [0.2, 0.25) is 5.91 Å². The monoisotopic (exact) mass is 393 g/mol. The molecular formula is C21H23N5OS. The number of para-hydroxylation sites is 1. The summed E-state index contributed by atoms with van der Waals surface area (Å²) in [6, 6.07) is 11.9. The molecule has 1 amide bonds. The molecule has 0 unspecified atom stereocenters. The first-order valence-electron chi connectivity index (χ1n) is 9.41. The molecular weight excluding hydrogens is 370 g/mol. The van der Waals surface area contributed by atoms with Crippen LogP contribution in [0, 0.1) is 20.8 Å². The van der Waals surface area contributed by atoms with Crippen molar-refractivity contribution in [3.05, 3.63) is 59.0 Å². The lowest BCUT2D eigenvalue weighted by molar-refractivity contribution is -0.113. The van der Waals surface area contributed by atoms with Crippen LogP contribution in [0.15, 0.2) is 41.6 Å². The largest absolute Gasteiger partial charge is 0.310 e. The fraction of sp³-hybridized carbons (Fsp3) is 0.333. The van der Waals surface area contributed by atoms with Gasteiger partial charge >= 0.3 is 0 Å². The van der Waals surface area contributed by atoms with Gasteiger partial charge in [-0.15, -0.1) is 0 Å². The number of nitrogens with one attached hydrogen (secondary N) is 1. The number of aryl methyl sites for hydroxylation is 2. The van der Waals surface area contributed by atoms with E-state index in [1.54, 1.807) is 0 Å². The van der Waals surface area contributed by atoms with Crippen LogP contribution >= 0.6 is 11.8 Å². The fourth-order valence-corrected chi connectivity index (χ4v) is 3.68. The van der Waals surface area contributed by atoms with Gasteiger partial charge in [-0.2, -0.15) is 5.10 Å². The highest BCUT2D eigenvalue weighted by atomic mass is 32.2. The maximum atomic E-state index is 12.6. The number of anilines is 1. The van der Waals surface area contributed by atoms with Crippen molar-refractivity contribution in [2.45, 2.75) is 44.7 Å². The van der Waals surface area contributed by atoms with Gasteiger partial charge in [0.25, 0.3) is 0 Å². The molecule has 2 aromatic heterocycles. The van der Waals surface area contributed by atoms with E-state index in [0.29, 0.717) is 16.9 Å². The molecule has 28 heavy (non-hydrogen) atoms. The molecule has 0 radical (unpaired) electrons. The Morgan fingerprint density at radius 3 is 2.46 bits per heavy atom. The molecule has 2 heterocycles. The molecule has 1 aliphatic rings. The Morgan fingerprint density at radius 2 is 1.82 bits per heavy atom. The van der Waals surface area contributed by atoms with Gasteiger partial charge in [0.1, 0.15) is 5.82 Å². The molecule has 0 atom stereocenters. The highest BCUT2D eigenvalue weighted by molar-refractivity contribution is 7.99. The minimum atomic E-state index is -0.0936. The van der Waals surface area contributed by atoms with E-state index in [4.69, 9.17) is 5.10 Å². The summed E-state index contributed by atoms with van der Waals surface area (Å²) in [5, 5.41) is 8.36.